The van der Waals surface area contributed by atoms with Crippen LogP contribution in [-0.4, -0.2) is 14.8 Å². The Balaban J connectivity index is 2.09. The second-order valence-electron chi connectivity index (χ2n) is 3.53. The second kappa shape index (κ2) is 4.40. The molecule has 2 rings (SSSR count). The van der Waals surface area contributed by atoms with Crippen LogP contribution in [0.1, 0.15) is 11.1 Å². The van der Waals surface area contributed by atoms with Gasteiger partial charge >= 0.3 is 0 Å². The van der Waals surface area contributed by atoms with Gasteiger partial charge in [-0.2, -0.15) is 5.10 Å². The molecule has 1 heterocycles. The monoisotopic (exact) mass is 219 g/mol. The lowest BCUT2D eigenvalue weighted by Crippen LogP contribution is -2.01. The van der Waals surface area contributed by atoms with E-state index in [9.17, 15) is 0 Å². The molecule has 0 saturated carbocycles. The summed E-state index contributed by atoms with van der Waals surface area (Å²) in [7, 11) is 0. The molecule has 4 heteroatoms. The van der Waals surface area contributed by atoms with Crippen LogP contribution in [-0.2, 0) is 13.0 Å². The first-order valence-corrected chi connectivity index (χ1v) is 5.32. The summed E-state index contributed by atoms with van der Waals surface area (Å²) in [5.41, 5.74) is 2.69. The molecule has 0 atom stereocenters. The number of H-pyrrole nitrogens is 1. The van der Waals surface area contributed by atoms with Crippen LogP contribution in [0.5, 0.6) is 0 Å². The molecule has 3 nitrogen and oxygen atoms in total. The van der Waals surface area contributed by atoms with E-state index in [-0.39, 0.29) is 0 Å². The fraction of sp³-hybridized carbons (Fsp3) is 0.273. The fourth-order valence-electron chi connectivity index (χ4n) is 1.56. The molecule has 0 amide bonds. The van der Waals surface area contributed by atoms with Gasteiger partial charge in [0.1, 0.15) is 6.33 Å². The van der Waals surface area contributed by atoms with Gasteiger partial charge in [-0.05, 0) is 36.7 Å². The van der Waals surface area contributed by atoms with E-state index >= 15 is 0 Å². The maximum Gasteiger partial charge on any atom is 0.194 e. The Morgan fingerprint density at radius 2 is 2.20 bits per heavy atom. The minimum Gasteiger partial charge on any atom is -0.306 e. The molecule has 0 aliphatic heterocycles. The molecule has 0 aliphatic rings. The van der Waals surface area contributed by atoms with Crippen LogP contribution in [0.3, 0.4) is 0 Å². The smallest absolute Gasteiger partial charge is 0.194 e. The lowest BCUT2D eigenvalue weighted by Gasteiger charge is -2.05. The van der Waals surface area contributed by atoms with Gasteiger partial charge in [-0.3, -0.25) is 5.10 Å². The molecule has 15 heavy (non-hydrogen) atoms. The van der Waals surface area contributed by atoms with E-state index in [1.165, 1.54) is 11.1 Å². The lowest BCUT2D eigenvalue weighted by atomic mass is 10.1. The molecular weight excluding hydrogens is 206 g/mol. The zero-order valence-corrected chi connectivity index (χ0v) is 9.42. The molecule has 1 aromatic carbocycles. The van der Waals surface area contributed by atoms with E-state index in [1.807, 2.05) is 4.57 Å². The number of aromatic nitrogens is 3. The van der Waals surface area contributed by atoms with Crippen molar-refractivity contribution in [3.8, 4) is 0 Å². The summed E-state index contributed by atoms with van der Waals surface area (Å²) >= 11 is 5.08. The Hall–Kier alpha value is -1.42. The van der Waals surface area contributed by atoms with Crippen LogP contribution in [0.15, 0.2) is 30.6 Å². The van der Waals surface area contributed by atoms with Crippen molar-refractivity contribution in [2.24, 2.45) is 0 Å². The van der Waals surface area contributed by atoms with Gasteiger partial charge in [-0.25, -0.2) is 0 Å². The van der Waals surface area contributed by atoms with Gasteiger partial charge in [0.05, 0.1) is 0 Å². The Morgan fingerprint density at radius 1 is 1.40 bits per heavy atom. The summed E-state index contributed by atoms with van der Waals surface area (Å²) in [6.45, 7) is 3.00. The van der Waals surface area contributed by atoms with Crippen LogP contribution in [0.25, 0.3) is 0 Å². The van der Waals surface area contributed by atoms with Crippen molar-refractivity contribution >= 4 is 12.2 Å². The molecule has 2 aromatic rings. The Labute approximate surface area is 93.8 Å². The number of benzene rings is 1. The zero-order chi connectivity index (χ0) is 10.7. The molecule has 0 unspecified atom stereocenters. The summed E-state index contributed by atoms with van der Waals surface area (Å²) in [6.07, 6.45) is 2.72. The number of nitrogens with one attached hydrogen (secondary N) is 1. The maximum absolute atomic E-state index is 5.08. The molecule has 1 N–H and O–H groups in total. The third-order valence-electron chi connectivity index (χ3n) is 2.50. The summed E-state index contributed by atoms with van der Waals surface area (Å²) in [5.74, 6) is 0. The molecule has 0 saturated heterocycles. The van der Waals surface area contributed by atoms with Crippen molar-refractivity contribution in [2.75, 3.05) is 0 Å². The van der Waals surface area contributed by atoms with Gasteiger partial charge in [0, 0.05) is 6.54 Å². The van der Waals surface area contributed by atoms with Crippen molar-refractivity contribution in [2.45, 2.75) is 19.9 Å². The highest BCUT2D eigenvalue weighted by atomic mass is 32.1. The lowest BCUT2D eigenvalue weighted by molar-refractivity contribution is 0.683. The van der Waals surface area contributed by atoms with Crippen LogP contribution in [0.4, 0.5) is 0 Å². The molecule has 0 bridgehead atoms. The first kappa shape index (κ1) is 10.1. The van der Waals surface area contributed by atoms with Crippen molar-refractivity contribution in [1.82, 2.24) is 14.8 Å². The van der Waals surface area contributed by atoms with E-state index in [4.69, 9.17) is 12.2 Å². The van der Waals surface area contributed by atoms with Gasteiger partial charge in [-0.15, -0.1) is 0 Å². The van der Waals surface area contributed by atoms with Gasteiger partial charge < -0.3 is 4.57 Å². The van der Waals surface area contributed by atoms with E-state index in [0.29, 0.717) is 4.77 Å². The third kappa shape index (κ3) is 2.33. The molecule has 78 valence electrons. The summed E-state index contributed by atoms with van der Waals surface area (Å²) in [5, 5.41) is 6.64. The van der Waals surface area contributed by atoms with Gasteiger partial charge in [0.15, 0.2) is 4.77 Å². The average Bonchev–Trinajstić information content (AvgIpc) is 2.63. The van der Waals surface area contributed by atoms with Crippen molar-refractivity contribution in [3.05, 3.63) is 46.5 Å². The van der Waals surface area contributed by atoms with Crippen molar-refractivity contribution < 1.29 is 0 Å². The van der Waals surface area contributed by atoms with Crippen molar-refractivity contribution in [3.63, 3.8) is 0 Å². The summed E-state index contributed by atoms with van der Waals surface area (Å²) in [4.78, 5) is 0. The number of hydrogen-bond acceptors (Lipinski definition) is 2. The number of aryl methyl sites for hydroxylation is 3. The predicted molar refractivity (Wildman–Crippen MR) is 62.3 cm³/mol. The SMILES string of the molecule is Cc1ccccc1CCn1cn[nH]c1=S. The Morgan fingerprint density at radius 3 is 2.87 bits per heavy atom. The quantitative estimate of drug-likeness (QED) is 0.805. The maximum atomic E-state index is 5.08. The molecule has 0 spiro atoms. The largest absolute Gasteiger partial charge is 0.306 e. The second-order valence-corrected chi connectivity index (χ2v) is 3.92. The van der Waals surface area contributed by atoms with E-state index in [0.717, 1.165) is 13.0 Å². The molecule has 1 aromatic heterocycles. The van der Waals surface area contributed by atoms with Crippen molar-refractivity contribution in [1.29, 1.82) is 0 Å². The minimum atomic E-state index is 0.684. The van der Waals surface area contributed by atoms with Gasteiger partial charge in [-0.1, -0.05) is 24.3 Å². The average molecular weight is 219 g/mol. The van der Waals surface area contributed by atoms with Crippen LogP contribution >= 0.6 is 12.2 Å². The summed E-state index contributed by atoms with van der Waals surface area (Å²) in [6, 6.07) is 8.41. The molecule has 0 fully saturated rings. The highest BCUT2D eigenvalue weighted by Gasteiger charge is 1.98. The van der Waals surface area contributed by atoms with Gasteiger partial charge in [0.25, 0.3) is 0 Å². The number of hydrogen-bond donors (Lipinski definition) is 1. The van der Waals surface area contributed by atoms with Crippen LogP contribution in [0.2, 0.25) is 0 Å². The topological polar surface area (TPSA) is 33.6 Å². The highest BCUT2D eigenvalue weighted by Crippen LogP contribution is 2.08. The third-order valence-corrected chi connectivity index (χ3v) is 2.83. The van der Waals surface area contributed by atoms with Gasteiger partial charge in [0.2, 0.25) is 0 Å². The Bertz CT molecular complexity index is 498. The van der Waals surface area contributed by atoms with Crippen LogP contribution in [0, 0.1) is 11.7 Å². The number of nitrogens with zero attached hydrogens (tertiary/aromatic N) is 2. The predicted octanol–water partition coefficient (Wildman–Crippen LogP) is 2.49. The number of aromatic amines is 1. The first-order chi connectivity index (χ1) is 7.27. The van der Waals surface area contributed by atoms with E-state index in [1.54, 1.807) is 6.33 Å². The van der Waals surface area contributed by atoms with Crippen LogP contribution < -0.4 is 0 Å². The standard InChI is InChI=1S/C11H13N3S/c1-9-4-2-3-5-10(9)6-7-14-8-12-13-11(14)15/h2-5,8H,6-7H2,1H3,(H,13,15). The summed E-state index contributed by atoms with van der Waals surface area (Å²) < 4.78 is 2.63. The first-order valence-electron chi connectivity index (χ1n) is 4.91. The highest BCUT2D eigenvalue weighted by molar-refractivity contribution is 7.71. The molecule has 0 aliphatic carbocycles. The number of rotatable bonds is 3. The zero-order valence-electron chi connectivity index (χ0n) is 8.60. The van der Waals surface area contributed by atoms with E-state index in [2.05, 4.69) is 41.4 Å². The normalized spacial score (nSPS) is 10.5. The van der Waals surface area contributed by atoms with E-state index < -0.39 is 0 Å². The fourth-order valence-corrected chi connectivity index (χ4v) is 1.75. The minimum absolute atomic E-state index is 0.684. The molecular formula is C11H13N3S. The Kier molecular flexibility index (Phi) is 2.97. The molecule has 0 radical (unpaired) electrons.